The highest BCUT2D eigenvalue weighted by molar-refractivity contribution is 7.92. The van der Waals surface area contributed by atoms with E-state index in [2.05, 4.69) is 4.72 Å². The maximum Gasteiger partial charge on any atom is 0.261 e. The molecule has 1 N–H and O–H groups in total. The van der Waals surface area contributed by atoms with Crippen LogP contribution in [0.4, 0.5) is 11.4 Å². The standard InChI is InChI=1S/C21H26N2O5S/c1-4-11-28-20-8-7-18(12-15(20)2)29(25,26)22-17-6-5-16-9-10-23(19(16)13-17)21(24)14-27-3/h5-8,12-13,22H,4,9-11,14H2,1-3H3. The smallest absolute Gasteiger partial charge is 0.261 e. The van der Waals surface area contributed by atoms with Gasteiger partial charge in [0.1, 0.15) is 12.4 Å². The predicted molar refractivity (Wildman–Crippen MR) is 112 cm³/mol. The molecule has 0 saturated heterocycles. The van der Waals surface area contributed by atoms with Crippen molar-refractivity contribution < 1.29 is 22.7 Å². The number of rotatable bonds is 8. The second kappa shape index (κ2) is 8.84. The van der Waals surface area contributed by atoms with Crippen LogP contribution >= 0.6 is 0 Å². The van der Waals surface area contributed by atoms with Crippen LogP contribution < -0.4 is 14.4 Å². The fourth-order valence-electron chi connectivity index (χ4n) is 3.28. The zero-order chi connectivity index (χ0) is 21.0. The number of aryl methyl sites for hydroxylation is 1. The molecule has 29 heavy (non-hydrogen) atoms. The van der Waals surface area contributed by atoms with Crippen LogP contribution in [-0.4, -0.2) is 41.2 Å². The molecule has 1 aliphatic heterocycles. The van der Waals surface area contributed by atoms with Gasteiger partial charge in [0.05, 0.1) is 17.2 Å². The summed E-state index contributed by atoms with van der Waals surface area (Å²) in [5.74, 6) is 0.528. The van der Waals surface area contributed by atoms with E-state index in [9.17, 15) is 13.2 Å². The van der Waals surface area contributed by atoms with E-state index in [4.69, 9.17) is 9.47 Å². The van der Waals surface area contributed by atoms with E-state index in [1.54, 1.807) is 29.2 Å². The predicted octanol–water partition coefficient (Wildman–Crippen LogP) is 3.12. The molecule has 0 atom stereocenters. The summed E-state index contributed by atoms with van der Waals surface area (Å²) in [5.41, 5.74) is 2.88. The topological polar surface area (TPSA) is 84.9 Å². The van der Waals surface area contributed by atoms with E-state index in [1.165, 1.54) is 13.2 Å². The number of amides is 1. The van der Waals surface area contributed by atoms with E-state index < -0.39 is 10.0 Å². The van der Waals surface area contributed by atoms with Crippen LogP contribution in [0.2, 0.25) is 0 Å². The molecule has 0 fully saturated rings. The fourth-order valence-corrected chi connectivity index (χ4v) is 4.41. The van der Waals surface area contributed by atoms with Gasteiger partial charge in [-0.05, 0) is 61.2 Å². The summed E-state index contributed by atoms with van der Waals surface area (Å²) in [6.45, 7) is 4.96. The number of hydrogen-bond donors (Lipinski definition) is 1. The first-order chi connectivity index (χ1) is 13.9. The summed E-state index contributed by atoms with van der Waals surface area (Å²) in [7, 11) is -2.30. The van der Waals surface area contributed by atoms with Crippen molar-refractivity contribution in [3.05, 3.63) is 47.5 Å². The Balaban J connectivity index is 1.82. The Kier molecular flexibility index (Phi) is 6.44. The van der Waals surface area contributed by atoms with Crippen molar-refractivity contribution in [2.75, 3.05) is 36.5 Å². The van der Waals surface area contributed by atoms with Gasteiger partial charge in [0, 0.05) is 19.3 Å². The van der Waals surface area contributed by atoms with Gasteiger partial charge in [-0.3, -0.25) is 9.52 Å². The number of sulfonamides is 1. The molecule has 0 spiro atoms. The molecular weight excluding hydrogens is 392 g/mol. The summed E-state index contributed by atoms with van der Waals surface area (Å²) < 4.78 is 38.8. The zero-order valence-electron chi connectivity index (χ0n) is 16.9. The lowest BCUT2D eigenvalue weighted by atomic mass is 10.1. The van der Waals surface area contributed by atoms with Gasteiger partial charge in [-0.2, -0.15) is 0 Å². The minimum absolute atomic E-state index is 0.0128. The third-order valence-electron chi connectivity index (χ3n) is 4.72. The van der Waals surface area contributed by atoms with Crippen LogP contribution in [0.5, 0.6) is 5.75 Å². The number of nitrogens with zero attached hydrogens (tertiary/aromatic N) is 1. The number of carbonyl (C=O) groups is 1. The van der Waals surface area contributed by atoms with Crippen molar-refractivity contribution in [3.63, 3.8) is 0 Å². The van der Waals surface area contributed by atoms with Gasteiger partial charge in [-0.15, -0.1) is 0 Å². The van der Waals surface area contributed by atoms with Crippen LogP contribution in [-0.2, 0) is 26.0 Å². The molecule has 0 aliphatic carbocycles. The molecule has 1 heterocycles. The summed E-state index contributed by atoms with van der Waals surface area (Å²) in [4.78, 5) is 14.0. The SMILES string of the molecule is CCCOc1ccc(S(=O)(=O)Nc2ccc3c(c2)N(C(=O)COC)CC3)cc1C. The van der Waals surface area contributed by atoms with Gasteiger partial charge in [0.25, 0.3) is 15.9 Å². The quantitative estimate of drug-likeness (QED) is 0.712. The molecule has 1 amide bonds. The van der Waals surface area contributed by atoms with Gasteiger partial charge >= 0.3 is 0 Å². The second-order valence-corrected chi connectivity index (χ2v) is 8.64. The number of hydrogen-bond acceptors (Lipinski definition) is 5. The number of nitrogens with one attached hydrogen (secondary N) is 1. The van der Waals surface area contributed by atoms with Crippen molar-refractivity contribution in [2.24, 2.45) is 0 Å². The van der Waals surface area contributed by atoms with Crippen molar-refractivity contribution in [1.29, 1.82) is 0 Å². The van der Waals surface area contributed by atoms with E-state index in [0.29, 0.717) is 30.3 Å². The number of fused-ring (bicyclic) bond motifs is 1. The Bertz CT molecular complexity index is 1000. The number of benzene rings is 2. The monoisotopic (exact) mass is 418 g/mol. The largest absolute Gasteiger partial charge is 0.493 e. The number of anilines is 2. The summed E-state index contributed by atoms with van der Waals surface area (Å²) in [5, 5.41) is 0. The van der Waals surface area contributed by atoms with Crippen molar-refractivity contribution in [1.82, 2.24) is 0 Å². The van der Waals surface area contributed by atoms with Crippen LogP contribution in [0.25, 0.3) is 0 Å². The Morgan fingerprint density at radius 2 is 2.00 bits per heavy atom. The normalized spacial score (nSPS) is 13.3. The zero-order valence-corrected chi connectivity index (χ0v) is 17.7. The highest BCUT2D eigenvalue weighted by Gasteiger charge is 2.25. The molecule has 8 heteroatoms. The summed E-state index contributed by atoms with van der Waals surface area (Å²) in [6, 6.07) is 10.1. The first-order valence-corrected chi connectivity index (χ1v) is 11.0. The lowest BCUT2D eigenvalue weighted by molar-refractivity contribution is -0.122. The van der Waals surface area contributed by atoms with Crippen molar-refractivity contribution >= 4 is 27.3 Å². The van der Waals surface area contributed by atoms with Crippen LogP contribution in [0.3, 0.4) is 0 Å². The lowest BCUT2D eigenvalue weighted by Gasteiger charge is -2.18. The van der Waals surface area contributed by atoms with Gasteiger partial charge < -0.3 is 14.4 Å². The molecular formula is C21H26N2O5S. The molecule has 0 bridgehead atoms. The first kappa shape index (κ1) is 21.1. The van der Waals surface area contributed by atoms with Crippen LogP contribution in [0.1, 0.15) is 24.5 Å². The highest BCUT2D eigenvalue weighted by atomic mass is 32.2. The third-order valence-corrected chi connectivity index (χ3v) is 6.10. The van der Waals surface area contributed by atoms with Gasteiger partial charge in [-0.25, -0.2) is 8.42 Å². The van der Waals surface area contributed by atoms with E-state index >= 15 is 0 Å². The van der Waals surface area contributed by atoms with Gasteiger partial charge in [0.15, 0.2) is 0 Å². The van der Waals surface area contributed by atoms with E-state index in [0.717, 1.165) is 24.0 Å². The molecule has 2 aromatic rings. The number of methoxy groups -OCH3 is 1. The van der Waals surface area contributed by atoms with Gasteiger partial charge in [-0.1, -0.05) is 13.0 Å². The highest BCUT2D eigenvalue weighted by Crippen LogP contribution is 2.32. The maximum absolute atomic E-state index is 12.8. The molecule has 0 radical (unpaired) electrons. The molecule has 0 saturated carbocycles. The molecule has 1 aliphatic rings. The Morgan fingerprint density at radius 1 is 1.21 bits per heavy atom. The maximum atomic E-state index is 12.8. The number of carbonyl (C=O) groups excluding carboxylic acids is 1. The molecule has 2 aromatic carbocycles. The Labute approximate surface area is 171 Å². The minimum Gasteiger partial charge on any atom is -0.493 e. The van der Waals surface area contributed by atoms with Crippen LogP contribution in [0, 0.1) is 6.92 Å². The van der Waals surface area contributed by atoms with Gasteiger partial charge in [0.2, 0.25) is 0 Å². The first-order valence-electron chi connectivity index (χ1n) is 9.54. The third kappa shape index (κ3) is 4.71. The summed E-state index contributed by atoms with van der Waals surface area (Å²) >= 11 is 0. The average Bonchev–Trinajstić information content (AvgIpc) is 3.10. The molecule has 0 aromatic heterocycles. The second-order valence-electron chi connectivity index (χ2n) is 6.95. The Morgan fingerprint density at radius 3 is 2.69 bits per heavy atom. The summed E-state index contributed by atoms with van der Waals surface area (Å²) in [6.07, 6.45) is 1.61. The molecule has 3 rings (SSSR count). The minimum atomic E-state index is -3.77. The van der Waals surface area contributed by atoms with Crippen molar-refractivity contribution in [2.45, 2.75) is 31.6 Å². The molecule has 7 nitrogen and oxygen atoms in total. The Hall–Kier alpha value is -2.58. The fraction of sp³-hybridized carbons (Fsp3) is 0.381. The molecule has 156 valence electrons. The van der Waals surface area contributed by atoms with Crippen molar-refractivity contribution in [3.8, 4) is 5.75 Å². The van der Waals surface area contributed by atoms with E-state index in [1.807, 2.05) is 19.9 Å². The lowest BCUT2D eigenvalue weighted by Crippen LogP contribution is -2.32. The van der Waals surface area contributed by atoms with E-state index in [-0.39, 0.29) is 17.4 Å². The van der Waals surface area contributed by atoms with Crippen LogP contribution in [0.15, 0.2) is 41.3 Å². The number of ether oxygens (including phenoxy) is 2. The molecule has 0 unspecified atom stereocenters. The average molecular weight is 419 g/mol.